The van der Waals surface area contributed by atoms with Crippen LogP contribution >= 0.6 is 11.8 Å². The Kier molecular flexibility index (Phi) is 9.53. The maximum Gasteiger partial charge on any atom is 0.102 e. The monoisotopic (exact) mass is 375 g/mol. The molecule has 2 heteroatoms. The van der Waals surface area contributed by atoms with Gasteiger partial charge >= 0.3 is 0 Å². The van der Waals surface area contributed by atoms with E-state index in [0.717, 1.165) is 18.4 Å². The van der Waals surface area contributed by atoms with E-state index in [9.17, 15) is 0 Å². The van der Waals surface area contributed by atoms with Crippen molar-refractivity contribution in [3.63, 3.8) is 0 Å². The van der Waals surface area contributed by atoms with Crippen LogP contribution in [0.3, 0.4) is 0 Å². The van der Waals surface area contributed by atoms with Crippen LogP contribution in [0.25, 0.3) is 0 Å². The number of unbranched alkanes of at least 4 members (excludes halogenated alkanes) is 2. The second-order valence-corrected chi connectivity index (χ2v) is 9.34. The smallest absolute Gasteiger partial charge is 0.102 e. The molecular weight excluding hydrogens is 334 g/mol. The molecule has 0 N–H and O–H groups in total. The third-order valence-electron chi connectivity index (χ3n) is 6.00. The third kappa shape index (κ3) is 5.50. The van der Waals surface area contributed by atoms with E-state index in [1.54, 1.807) is 21.6 Å². The Bertz CT molecular complexity index is 540. The lowest BCUT2D eigenvalue weighted by Crippen LogP contribution is -2.10. The number of hydrogen-bond donors (Lipinski definition) is 0. The summed E-state index contributed by atoms with van der Waals surface area (Å²) in [4.78, 5) is 6.57. The van der Waals surface area contributed by atoms with Gasteiger partial charge in [0, 0.05) is 12.1 Å². The highest BCUT2D eigenvalue weighted by atomic mass is 32.2. The average Bonchev–Trinajstić information content (AvgIpc) is 3.15. The molecule has 0 bridgehead atoms. The van der Waals surface area contributed by atoms with E-state index in [0.29, 0.717) is 0 Å². The van der Waals surface area contributed by atoms with Gasteiger partial charge in [0.1, 0.15) is 5.04 Å². The van der Waals surface area contributed by atoms with Gasteiger partial charge in [0.05, 0.1) is 0 Å². The number of aliphatic imine (C=N–C) groups is 1. The van der Waals surface area contributed by atoms with Crippen molar-refractivity contribution in [3.05, 3.63) is 21.6 Å². The van der Waals surface area contributed by atoms with Gasteiger partial charge in [0.2, 0.25) is 0 Å². The normalized spacial score (nSPS) is 24.5. The van der Waals surface area contributed by atoms with Crippen molar-refractivity contribution < 1.29 is 0 Å². The summed E-state index contributed by atoms with van der Waals surface area (Å²) in [5.41, 5.74) is 4.93. The molecule has 0 amide bonds. The molecule has 2 aliphatic rings. The van der Waals surface area contributed by atoms with Crippen molar-refractivity contribution in [1.29, 1.82) is 0 Å². The Hall–Kier alpha value is -0.500. The highest BCUT2D eigenvalue weighted by Crippen LogP contribution is 2.52. The minimum Gasteiger partial charge on any atom is -0.278 e. The predicted molar refractivity (Wildman–Crippen MR) is 120 cm³/mol. The molecule has 2 atom stereocenters. The van der Waals surface area contributed by atoms with Crippen LogP contribution in [0.4, 0.5) is 0 Å². The molecule has 0 radical (unpaired) electrons. The van der Waals surface area contributed by atoms with Crippen LogP contribution in [-0.2, 0) is 0 Å². The van der Waals surface area contributed by atoms with Crippen molar-refractivity contribution in [1.82, 2.24) is 0 Å². The van der Waals surface area contributed by atoms with E-state index >= 15 is 0 Å². The van der Waals surface area contributed by atoms with Crippen molar-refractivity contribution in [2.75, 3.05) is 6.54 Å². The summed E-state index contributed by atoms with van der Waals surface area (Å²) < 4.78 is 0. The zero-order valence-electron chi connectivity index (χ0n) is 18.0. The van der Waals surface area contributed by atoms with Gasteiger partial charge < -0.3 is 0 Å². The molecule has 0 fully saturated rings. The summed E-state index contributed by atoms with van der Waals surface area (Å²) >= 11 is 2.01. The Labute approximate surface area is 167 Å². The Morgan fingerprint density at radius 2 is 1.88 bits per heavy atom. The Morgan fingerprint density at radius 3 is 2.54 bits per heavy atom. The highest BCUT2D eigenvalue weighted by Gasteiger charge is 2.36. The Morgan fingerprint density at radius 1 is 1.08 bits per heavy atom. The molecule has 0 aromatic heterocycles. The van der Waals surface area contributed by atoms with E-state index in [-0.39, 0.29) is 0 Å². The summed E-state index contributed by atoms with van der Waals surface area (Å²) in [5.74, 6) is 1.66. The number of thioether (sulfide) groups is 1. The molecule has 1 aliphatic carbocycles. The van der Waals surface area contributed by atoms with E-state index < -0.39 is 0 Å². The molecule has 2 rings (SSSR count). The summed E-state index contributed by atoms with van der Waals surface area (Å²) in [6, 6.07) is 0. The predicted octanol–water partition coefficient (Wildman–Crippen LogP) is 8.32. The summed E-state index contributed by atoms with van der Waals surface area (Å²) in [6.45, 7) is 12.5. The molecule has 1 aliphatic heterocycles. The largest absolute Gasteiger partial charge is 0.278 e. The van der Waals surface area contributed by atoms with Crippen LogP contribution in [0.1, 0.15) is 105 Å². The second-order valence-electron chi connectivity index (χ2n) is 8.25. The van der Waals surface area contributed by atoms with E-state index in [1.807, 2.05) is 11.8 Å². The van der Waals surface area contributed by atoms with Crippen molar-refractivity contribution >= 4 is 16.8 Å². The van der Waals surface area contributed by atoms with E-state index in [1.165, 1.54) is 75.7 Å². The first-order valence-corrected chi connectivity index (χ1v) is 12.1. The fraction of sp³-hybridized carbons (Fsp3) is 0.792. The van der Waals surface area contributed by atoms with Crippen LogP contribution in [0.2, 0.25) is 0 Å². The first-order valence-electron chi connectivity index (χ1n) is 11.3. The lowest BCUT2D eigenvalue weighted by atomic mass is 9.84. The molecule has 26 heavy (non-hydrogen) atoms. The van der Waals surface area contributed by atoms with Crippen LogP contribution in [0, 0.1) is 11.8 Å². The average molecular weight is 376 g/mol. The molecule has 1 heterocycles. The summed E-state index contributed by atoms with van der Waals surface area (Å²) in [7, 11) is 0. The highest BCUT2D eigenvalue weighted by molar-refractivity contribution is 8.18. The van der Waals surface area contributed by atoms with Crippen LogP contribution in [0.15, 0.2) is 26.6 Å². The molecule has 0 spiro atoms. The molecule has 1 nitrogen and oxygen atoms in total. The molecule has 0 aromatic rings. The fourth-order valence-electron chi connectivity index (χ4n) is 4.82. The first kappa shape index (κ1) is 21.8. The number of nitrogens with zero attached hydrogens (tertiary/aromatic N) is 1. The quantitative estimate of drug-likeness (QED) is 0.331. The van der Waals surface area contributed by atoms with Gasteiger partial charge in [-0.1, -0.05) is 83.1 Å². The van der Waals surface area contributed by atoms with E-state index in [2.05, 4.69) is 34.6 Å². The minimum absolute atomic E-state index is 0.793. The summed E-state index contributed by atoms with van der Waals surface area (Å²) in [6.07, 6.45) is 14.8. The lowest BCUT2D eigenvalue weighted by molar-refractivity contribution is 0.420. The summed E-state index contributed by atoms with van der Waals surface area (Å²) in [5, 5.41) is 1.35. The van der Waals surface area contributed by atoms with Gasteiger partial charge in [-0.2, -0.15) is 0 Å². The van der Waals surface area contributed by atoms with Crippen LogP contribution in [-0.4, -0.2) is 11.6 Å². The zero-order valence-corrected chi connectivity index (χ0v) is 18.8. The molecular formula is C24H41NS. The van der Waals surface area contributed by atoms with Crippen LogP contribution in [0.5, 0.6) is 0 Å². The van der Waals surface area contributed by atoms with E-state index in [4.69, 9.17) is 4.99 Å². The van der Waals surface area contributed by atoms with Gasteiger partial charge in [-0.15, -0.1) is 0 Å². The van der Waals surface area contributed by atoms with Gasteiger partial charge in [0.15, 0.2) is 0 Å². The third-order valence-corrected chi connectivity index (χ3v) is 7.20. The minimum atomic E-state index is 0.793. The maximum absolute atomic E-state index is 4.91. The zero-order chi connectivity index (χ0) is 18.9. The van der Waals surface area contributed by atoms with Crippen LogP contribution < -0.4 is 0 Å². The molecule has 0 saturated carbocycles. The van der Waals surface area contributed by atoms with Gasteiger partial charge in [-0.05, 0) is 61.8 Å². The van der Waals surface area contributed by atoms with Gasteiger partial charge in [0.25, 0.3) is 0 Å². The van der Waals surface area contributed by atoms with Crippen molar-refractivity contribution in [2.45, 2.75) is 105 Å². The number of rotatable bonds is 11. The van der Waals surface area contributed by atoms with Gasteiger partial charge in [-0.25, -0.2) is 0 Å². The molecule has 0 saturated heterocycles. The van der Waals surface area contributed by atoms with Crippen molar-refractivity contribution in [3.8, 4) is 0 Å². The fourth-order valence-corrected chi connectivity index (χ4v) is 6.24. The molecule has 0 aromatic carbocycles. The second kappa shape index (κ2) is 11.4. The molecule has 2 unspecified atom stereocenters. The molecule has 148 valence electrons. The lowest BCUT2D eigenvalue weighted by Gasteiger charge is -2.21. The maximum atomic E-state index is 4.91. The van der Waals surface area contributed by atoms with Crippen molar-refractivity contribution in [2.24, 2.45) is 16.8 Å². The topological polar surface area (TPSA) is 12.4 Å². The standard InChI is InChI=1S/C24H41NS/c1-6-10-11-14-19(12-7-2)17-18(5)22-23-20(13-8-3)15-16-21(23)26-24(22)25-9-4/h19-20H,6-17H2,1-5H3/b22-18+,25-24+. The van der Waals surface area contributed by atoms with Gasteiger partial charge in [-0.3, -0.25) is 4.99 Å². The number of hydrogen-bond acceptors (Lipinski definition) is 2. The number of allylic oxidation sites excluding steroid dienone is 3. The first-order chi connectivity index (χ1) is 12.7. The SMILES string of the molecule is CCCCCC(CCC)C/C(C)=C1\C2=C(CCC2CCC)S\C1=N\CC. The Balaban J connectivity index is 2.23.